The van der Waals surface area contributed by atoms with Crippen molar-refractivity contribution in [3.8, 4) is 11.5 Å². The minimum Gasteiger partial charge on any atom is -0.490 e. The zero-order valence-electron chi connectivity index (χ0n) is 19.1. The van der Waals surface area contributed by atoms with E-state index in [1.807, 2.05) is 0 Å². The number of alkyl halides is 3. The van der Waals surface area contributed by atoms with Gasteiger partial charge < -0.3 is 19.9 Å². The Morgan fingerprint density at radius 3 is 2.72 bits per heavy atom. The number of nitrogens with one attached hydrogen (secondary N) is 1. The molecule has 0 radical (unpaired) electrons. The number of nitrogens with zero attached hydrogens (tertiary/aromatic N) is 2. The number of carbonyl (C=O) groups excluding carboxylic acids is 1. The van der Waals surface area contributed by atoms with Crippen molar-refractivity contribution in [3.05, 3.63) is 40.9 Å². The van der Waals surface area contributed by atoms with E-state index in [4.69, 9.17) is 21.1 Å². The largest absolute Gasteiger partial charge is 0.522 e. The van der Waals surface area contributed by atoms with Gasteiger partial charge in [0.25, 0.3) is 5.91 Å². The van der Waals surface area contributed by atoms with Gasteiger partial charge >= 0.3 is 6.36 Å². The predicted molar refractivity (Wildman–Crippen MR) is 119 cm³/mol. The Morgan fingerprint density at radius 1 is 1.25 bits per heavy atom. The summed E-state index contributed by atoms with van der Waals surface area (Å²) in [6.07, 6.45) is -0.377. The molecule has 1 amide bonds. The van der Waals surface area contributed by atoms with Gasteiger partial charge in [-0.1, -0.05) is 11.6 Å². The maximum Gasteiger partial charge on any atom is 0.522 e. The monoisotopic (exact) mass is 535 g/mol. The molecule has 0 bridgehead atoms. The fraction of sp³-hybridized carbons (Fsp3) is 0.565. The molecule has 1 saturated carbocycles. The third-order valence-corrected chi connectivity index (χ3v) is 6.52. The van der Waals surface area contributed by atoms with Crippen LogP contribution in [-0.4, -0.2) is 52.5 Å². The fourth-order valence-corrected chi connectivity index (χ4v) is 4.58. The second kappa shape index (κ2) is 11.2. The summed E-state index contributed by atoms with van der Waals surface area (Å²) in [6.45, 7) is -0.404. The van der Waals surface area contributed by atoms with E-state index in [9.17, 15) is 27.5 Å². The standard InChI is InChI=1S/C23H26ClF4N3O5/c24-17-8-16-19(32)10-21(36-20(16)9-18(17)25)22(33)30-13-2-4-14(5-3-13)31-12-15(11-29-31)34-6-1-7-35-23(26,27)28/h8-9,11-14,19,21,32H,1-7,10H2,(H,30,33)/t13?,14?,19-,21-/m1/s1. The fourth-order valence-electron chi connectivity index (χ4n) is 4.41. The van der Waals surface area contributed by atoms with Crippen LogP contribution in [0.3, 0.4) is 0 Å². The number of fused-ring (bicyclic) bond motifs is 1. The summed E-state index contributed by atoms with van der Waals surface area (Å²) in [4.78, 5) is 12.8. The minimum atomic E-state index is -4.65. The lowest BCUT2D eigenvalue weighted by atomic mass is 9.91. The van der Waals surface area contributed by atoms with E-state index in [-0.39, 0.29) is 48.2 Å². The zero-order valence-corrected chi connectivity index (χ0v) is 19.9. The highest BCUT2D eigenvalue weighted by atomic mass is 35.5. The van der Waals surface area contributed by atoms with Gasteiger partial charge in [0.15, 0.2) is 11.9 Å². The van der Waals surface area contributed by atoms with Crippen LogP contribution in [-0.2, 0) is 9.53 Å². The van der Waals surface area contributed by atoms with Crippen molar-refractivity contribution in [2.75, 3.05) is 13.2 Å². The molecule has 0 unspecified atom stereocenters. The molecule has 2 heterocycles. The molecule has 1 aromatic carbocycles. The molecule has 2 N–H and O–H groups in total. The van der Waals surface area contributed by atoms with E-state index in [0.717, 1.165) is 18.9 Å². The van der Waals surface area contributed by atoms with Crippen LogP contribution in [0, 0.1) is 5.82 Å². The first-order valence-electron chi connectivity index (χ1n) is 11.6. The molecule has 1 aliphatic heterocycles. The maximum atomic E-state index is 13.8. The summed E-state index contributed by atoms with van der Waals surface area (Å²) >= 11 is 5.77. The maximum absolute atomic E-state index is 13.8. The number of ether oxygens (including phenoxy) is 3. The van der Waals surface area contributed by atoms with Crippen molar-refractivity contribution in [1.29, 1.82) is 0 Å². The molecule has 198 valence electrons. The summed E-state index contributed by atoms with van der Waals surface area (Å²) in [6, 6.07) is 2.39. The minimum absolute atomic E-state index is 0.0362. The van der Waals surface area contributed by atoms with E-state index in [0.29, 0.717) is 24.2 Å². The van der Waals surface area contributed by atoms with E-state index < -0.39 is 31.0 Å². The Balaban J connectivity index is 1.21. The number of hydrogen-bond donors (Lipinski definition) is 2. The molecule has 2 aromatic rings. The van der Waals surface area contributed by atoms with E-state index in [1.165, 1.54) is 12.3 Å². The molecule has 1 fully saturated rings. The first-order chi connectivity index (χ1) is 17.1. The molecule has 2 aliphatic rings. The number of amides is 1. The van der Waals surface area contributed by atoms with Gasteiger partial charge in [0, 0.05) is 30.5 Å². The molecule has 1 aromatic heterocycles. The van der Waals surface area contributed by atoms with Crippen LogP contribution in [0.4, 0.5) is 17.6 Å². The highest BCUT2D eigenvalue weighted by Crippen LogP contribution is 2.38. The predicted octanol–water partition coefficient (Wildman–Crippen LogP) is 4.47. The highest BCUT2D eigenvalue weighted by Gasteiger charge is 2.34. The van der Waals surface area contributed by atoms with Gasteiger partial charge in [-0.15, -0.1) is 13.2 Å². The number of benzene rings is 1. The van der Waals surface area contributed by atoms with E-state index in [2.05, 4.69) is 15.2 Å². The Kier molecular flexibility index (Phi) is 8.26. The summed E-state index contributed by atoms with van der Waals surface area (Å²) in [5.41, 5.74) is 0.350. The zero-order chi connectivity index (χ0) is 25.9. The molecule has 36 heavy (non-hydrogen) atoms. The van der Waals surface area contributed by atoms with Gasteiger partial charge in [-0.05, 0) is 31.7 Å². The Hall–Kier alpha value is -2.57. The highest BCUT2D eigenvalue weighted by molar-refractivity contribution is 6.30. The van der Waals surface area contributed by atoms with Crippen molar-refractivity contribution in [2.45, 2.75) is 69.2 Å². The van der Waals surface area contributed by atoms with Crippen molar-refractivity contribution in [1.82, 2.24) is 15.1 Å². The summed E-state index contributed by atoms with van der Waals surface area (Å²) in [7, 11) is 0. The van der Waals surface area contributed by atoms with Crippen molar-refractivity contribution >= 4 is 17.5 Å². The molecular formula is C23H26ClF4N3O5. The lowest BCUT2D eigenvalue weighted by Gasteiger charge is -2.32. The summed E-state index contributed by atoms with van der Waals surface area (Å²) < 4.78 is 66.2. The second-order valence-corrected chi connectivity index (χ2v) is 9.24. The normalized spacial score (nSPS) is 24.1. The van der Waals surface area contributed by atoms with Crippen molar-refractivity contribution in [3.63, 3.8) is 0 Å². The van der Waals surface area contributed by atoms with Gasteiger partial charge in [-0.2, -0.15) is 5.10 Å². The molecule has 0 saturated heterocycles. The van der Waals surface area contributed by atoms with Crippen LogP contribution >= 0.6 is 11.6 Å². The average molecular weight is 536 g/mol. The lowest BCUT2D eigenvalue weighted by molar-refractivity contribution is -0.324. The van der Waals surface area contributed by atoms with Crippen molar-refractivity contribution in [2.24, 2.45) is 0 Å². The molecule has 4 rings (SSSR count). The number of aromatic nitrogens is 2. The van der Waals surface area contributed by atoms with Gasteiger partial charge in [-0.3, -0.25) is 14.2 Å². The number of carbonyl (C=O) groups is 1. The topological polar surface area (TPSA) is 94.8 Å². The average Bonchev–Trinajstić information content (AvgIpc) is 3.29. The second-order valence-electron chi connectivity index (χ2n) is 8.83. The molecule has 2 atom stereocenters. The number of aliphatic hydroxyl groups is 1. The molecular weight excluding hydrogens is 510 g/mol. The number of aliphatic hydroxyl groups excluding tert-OH is 1. The van der Waals surface area contributed by atoms with Crippen molar-refractivity contribution < 1.29 is 41.7 Å². The lowest BCUT2D eigenvalue weighted by Crippen LogP contribution is -2.46. The quantitative estimate of drug-likeness (QED) is 0.383. The van der Waals surface area contributed by atoms with Gasteiger partial charge in [-0.25, -0.2) is 4.39 Å². The van der Waals surface area contributed by atoms with Crippen LogP contribution in [0.5, 0.6) is 11.5 Å². The molecule has 0 spiro atoms. The van der Waals surface area contributed by atoms with E-state index >= 15 is 0 Å². The smallest absolute Gasteiger partial charge is 0.490 e. The first kappa shape index (κ1) is 26.5. The first-order valence-corrected chi connectivity index (χ1v) is 12.0. The van der Waals surface area contributed by atoms with Crippen LogP contribution in [0.2, 0.25) is 5.02 Å². The Morgan fingerprint density at radius 2 is 2.00 bits per heavy atom. The summed E-state index contributed by atoms with van der Waals surface area (Å²) in [5.74, 6) is -0.500. The van der Waals surface area contributed by atoms with Crippen LogP contribution in [0.25, 0.3) is 0 Å². The SMILES string of the molecule is O=C(NC1CCC(n2cc(OCCCOC(F)(F)F)cn2)CC1)[C@H]1C[C@@H](O)c2cc(Cl)c(F)cc2O1. The number of halogens is 5. The Bertz CT molecular complexity index is 1060. The van der Waals surface area contributed by atoms with Crippen LogP contribution in [0.1, 0.15) is 56.2 Å². The summed E-state index contributed by atoms with van der Waals surface area (Å²) in [5, 5.41) is 17.5. The number of hydrogen-bond acceptors (Lipinski definition) is 6. The third kappa shape index (κ3) is 6.80. The van der Waals surface area contributed by atoms with Gasteiger partial charge in [0.2, 0.25) is 0 Å². The Labute approximate surface area is 209 Å². The van der Waals surface area contributed by atoms with E-state index in [1.54, 1.807) is 10.9 Å². The third-order valence-electron chi connectivity index (χ3n) is 6.23. The van der Waals surface area contributed by atoms with Gasteiger partial charge in [0.1, 0.15) is 11.6 Å². The number of rotatable bonds is 8. The van der Waals surface area contributed by atoms with Gasteiger partial charge in [0.05, 0.1) is 42.8 Å². The van der Waals surface area contributed by atoms with Crippen LogP contribution < -0.4 is 14.8 Å². The van der Waals surface area contributed by atoms with Crippen LogP contribution in [0.15, 0.2) is 24.5 Å². The molecule has 1 aliphatic carbocycles. The molecule has 8 nitrogen and oxygen atoms in total. The molecule has 13 heteroatoms.